The molecule has 5 unspecified atom stereocenters. The fourth-order valence-electron chi connectivity index (χ4n) is 11.3. The summed E-state index contributed by atoms with van der Waals surface area (Å²) < 4.78 is 61.2. The third-order valence-electron chi connectivity index (χ3n) is 17.7. The molecule has 18 heteroatoms. The molecular formula is C91H154O16P2. The van der Waals surface area contributed by atoms with Crippen LogP contribution in [0.3, 0.4) is 0 Å². The van der Waals surface area contributed by atoms with Gasteiger partial charge in [-0.3, -0.25) is 32.5 Å². The van der Waals surface area contributed by atoms with Crippen LogP contribution in [0.1, 0.15) is 342 Å². The first-order valence-electron chi connectivity index (χ1n) is 42.8. The lowest BCUT2D eigenvalue weighted by molar-refractivity contribution is -0.161. The third-order valence-corrected chi connectivity index (χ3v) is 19.6. The highest BCUT2D eigenvalue weighted by molar-refractivity contribution is 7.47. The molecule has 0 aliphatic rings. The molecule has 0 aliphatic heterocycles. The Morgan fingerprint density at radius 1 is 0.266 bits per heavy atom. The van der Waals surface area contributed by atoms with Crippen molar-refractivity contribution in [3.05, 3.63) is 158 Å². The Bertz CT molecular complexity index is 2610. The van der Waals surface area contributed by atoms with Crippen molar-refractivity contribution in [2.24, 2.45) is 0 Å². The van der Waals surface area contributed by atoms with Crippen molar-refractivity contribution >= 4 is 33.6 Å². The van der Waals surface area contributed by atoms with E-state index in [1.807, 2.05) is 0 Å². The van der Waals surface area contributed by atoms with E-state index in [9.17, 15) is 43.5 Å². The highest BCUT2D eigenvalue weighted by Gasteiger charge is 2.29. The molecule has 0 bridgehead atoms. The van der Waals surface area contributed by atoms with Crippen LogP contribution in [-0.2, 0) is 55.8 Å². The monoisotopic (exact) mass is 1570 g/mol. The Morgan fingerprint density at radius 3 is 0.771 bits per heavy atom. The average molecular weight is 1570 g/mol. The van der Waals surface area contributed by atoms with Gasteiger partial charge >= 0.3 is 33.6 Å². The predicted octanol–water partition coefficient (Wildman–Crippen LogP) is 25.8. The van der Waals surface area contributed by atoms with Gasteiger partial charge in [-0.05, 0) is 148 Å². The molecule has 0 saturated carbocycles. The van der Waals surface area contributed by atoms with Crippen molar-refractivity contribution in [3.8, 4) is 0 Å². The van der Waals surface area contributed by atoms with Crippen molar-refractivity contribution < 1.29 is 75.8 Å². The van der Waals surface area contributed by atoms with E-state index in [0.717, 1.165) is 180 Å². The van der Waals surface area contributed by atoms with Crippen molar-refractivity contribution in [3.63, 3.8) is 0 Å². The van der Waals surface area contributed by atoms with Crippen LogP contribution in [0.4, 0.5) is 0 Å². The standard InChI is InChI=1S/C91H154O16P2/c1-4-7-10-13-16-19-22-25-28-30-32-34-36-37-38-39-40-41-42-43-44-45-46-47-49-51-52-54-57-59-62-65-68-71-74-77-89(94)101-80-86(92)81-103-108(97,98)104-82-87(93)83-105-109(99,100)106-85-88(107-91(96)79-76-73-70-67-64-61-56-27-24-21-18-15-12-9-6-3)84-102-90(95)78-75-72-69-66-63-60-58-55-53-50-48-35-33-31-29-26-23-20-17-14-11-8-5-2/h7-8,10-11,16-21,25-29,32-35,37-38,40-41,50,53,56,86-88,92-93H,4-6,9,12-15,22-24,30-31,36,39,42-49,51-52,54-55,57-85H2,1-3H3,(H,97,98)(H,99,100)/b10-7-,11-8-,19-16-,20-17-,21-18-,28-25-,29-26-,34-32-,35-33-,38-37-,41-40-,53-50-,56-27-. The van der Waals surface area contributed by atoms with E-state index in [2.05, 4.69) is 179 Å². The SMILES string of the molecule is CC/C=C\C/C=C\C/C=C\C/C=C\C/C=C\C/C=C\CCCCCCCCCCCCCCCCCCC(=O)OCC(O)COP(=O)(O)OCC(O)COP(=O)(O)OCC(COC(=O)CCCCCCCCC/C=C\C/C=C\C/C=C\C/C=C\C/C=C\CC)OC(=O)CCCCCCC/C=C\C/C=C\CCCCC. The van der Waals surface area contributed by atoms with E-state index in [1.54, 1.807) is 0 Å². The molecule has 109 heavy (non-hydrogen) atoms. The van der Waals surface area contributed by atoms with E-state index >= 15 is 0 Å². The largest absolute Gasteiger partial charge is 0.472 e. The van der Waals surface area contributed by atoms with E-state index in [4.69, 9.17) is 32.3 Å². The summed E-state index contributed by atoms with van der Waals surface area (Å²) in [5.74, 6) is -1.60. The zero-order valence-corrected chi connectivity index (χ0v) is 70.2. The van der Waals surface area contributed by atoms with E-state index < -0.39 is 91.5 Å². The van der Waals surface area contributed by atoms with Crippen molar-refractivity contribution in [1.29, 1.82) is 0 Å². The Balaban J connectivity index is 4.45. The summed E-state index contributed by atoms with van der Waals surface area (Å²) in [5, 5.41) is 20.7. The Morgan fingerprint density at radius 2 is 0.486 bits per heavy atom. The van der Waals surface area contributed by atoms with Gasteiger partial charge in [0.1, 0.15) is 25.4 Å². The van der Waals surface area contributed by atoms with Gasteiger partial charge in [0, 0.05) is 19.3 Å². The number of hydrogen-bond acceptors (Lipinski definition) is 14. The van der Waals surface area contributed by atoms with Crippen molar-refractivity contribution in [1.82, 2.24) is 0 Å². The van der Waals surface area contributed by atoms with Gasteiger partial charge in [0.15, 0.2) is 6.10 Å². The molecule has 5 atom stereocenters. The summed E-state index contributed by atoms with van der Waals surface area (Å²) in [6.07, 6.45) is 104. The summed E-state index contributed by atoms with van der Waals surface area (Å²) in [4.78, 5) is 58.8. The normalized spacial score (nSPS) is 14.7. The minimum Gasteiger partial charge on any atom is -0.463 e. The lowest BCUT2D eigenvalue weighted by Crippen LogP contribution is -2.30. The molecule has 0 spiro atoms. The maximum Gasteiger partial charge on any atom is 0.472 e. The summed E-state index contributed by atoms with van der Waals surface area (Å²) in [6.45, 7) is 2.42. The number of hydrogen-bond donors (Lipinski definition) is 4. The molecular weight excluding hydrogens is 1410 g/mol. The van der Waals surface area contributed by atoms with E-state index in [-0.39, 0.29) is 19.3 Å². The first kappa shape index (κ1) is 104. The van der Waals surface area contributed by atoms with E-state index in [0.29, 0.717) is 19.3 Å². The molecule has 624 valence electrons. The fourth-order valence-corrected chi connectivity index (χ4v) is 12.9. The van der Waals surface area contributed by atoms with Crippen LogP contribution in [0.25, 0.3) is 0 Å². The maximum atomic E-state index is 13.0. The van der Waals surface area contributed by atoms with Crippen LogP contribution in [-0.4, -0.2) is 95.9 Å². The molecule has 0 heterocycles. The molecule has 0 aliphatic carbocycles. The average Bonchev–Trinajstić information content (AvgIpc) is 0.902. The highest BCUT2D eigenvalue weighted by atomic mass is 31.2. The van der Waals surface area contributed by atoms with Crippen LogP contribution in [0.5, 0.6) is 0 Å². The summed E-state index contributed by atoms with van der Waals surface area (Å²) in [5.41, 5.74) is 0. The first-order chi connectivity index (χ1) is 53.2. The first-order valence-corrected chi connectivity index (χ1v) is 45.8. The predicted molar refractivity (Wildman–Crippen MR) is 454 cm³/mol. The van der Waals surface area contributed by atoms with Crippen LogP contribution in [0, 0.1) is 0 Å². The van der Waals surface area contributed by atoms with Gasteiger partial charge in [0.25, 0.3) is 0 Å². The van der Waals surface area contributed by atoms with Crippen LogP contribution < -0.4 is 0 Å². The molecule has 0 aromatic carbocycles. The topological polar surface area (TPSA) is 231 Å². The van der Waals surface area contributed by atoms with Crippen LogP contribution in [0.2, 0.25) is 0 Å². The highest BCUT2D eigenvalue weighted by Crippen LogP contribution is 2.45. The fraction of sp³-hybridized carbons (Fsp3) is 0.681. The number of esters is 3. The summed E-state index contributed by atoms with van der Waals surface area (Å²) >= 11 is 0. The number of rotatable bonds is 80. The summed E-state index contributed by atoms with van der Waals surface area (Å²) in [7, 11) is -9.81. The Kier molecular flexibility index (Phi) is 79.0. The molecule has 0 aromatic rings. The lowest BCUT2D eigenvalue weighted by atomic mass is 10.0. The number of carbonyl (C=O) groups excluding carboxylic acids is 3. The molecule has 4 N–H and O–H groups in total. The summed E-state index contributed by atoms with van der Waals surface area (Å²) in [6, 6.07) is 0. The Hall–Kier alpha value is -4.83. The van der Waals surface area contributed by atoms with Crippen LogP contribution >= 0.6 is 15.6 Å². The number of phosphoric ester groups is 2. The van der Waals surface area contributed by atoms with Gasteiger partial charge in [-0.25, -0.2) is 9.13 Å². The number of carbonyl (C=O) groups is 3. The third kappa shape index (κ3) is 83.9. The molecule has 0 fully saturated rings. The van der Waals surface area contributed by atoms with E-state index in [1.165, 1.54) is 103 Å². The maximum absolute atomic E-state index is 13.0. The quantitative estimate of drug-likeness (QED) is 0.0146. The van der Waals surface area contributed by atoms with Gasteiger partial charge < -0.3 is 34.2 Å². The minimum absolute atomic E-state index is 0.0828. The van der Waals surface area contributed by atoms with Gasteiger partial charge in [-0.1, -0.05) is 333 Å². The molecule has 16 nitrogen and oxygen atoms in total. The molecule has 0 radical (unpaired) electrons. The van der Waals surface area contributed by atoms with Gasteiger partial charge in [-0.2, -0.15) is 0 Å². The Labute approximate surface area is 663 Å². The molecule has 0 saturated heterocycles. The van der Waals surface area contributed by atoms with Crippen LogP contribution in [0.15, 0.2) is 158 Å². The number of allylic oxidation sites excluding steroid dienone is 26. The number of aliphatic hydroxyl groups is 2. The van der Waals surface area contributed by atoms with Gasteiger partial charge in [0.2, 0.25) is 0 Å². The van der Waals surface area contributed by atoms with Gasteiger partial charge in [-0.15, -0.1) is 0 Å². The second-order valence-electron chi connectivity index (χ2n) is 28.2. The van der Waals surface area contributed by atoms with Crippen molar-refractivity contribution in [2.45, 2.75) is 360 Å². The number of aliphatic hydroxyl groups excluding tert-OH is 2. The smallest absolute Gasteiger partial charge is 0.463 e. The zero-order chi connectivity index (χ0) is 79.4. The number of ether oxygens (including phenoxy) is 3. The number of unbranched alkanes of at least 4 members (excludes halogenated alkanes) is 31. The van der Waals surface area contributed by atoms with Crippen molar-refractivity contribution in [2.75, 3.05) is 39.6 Å². The molecule has 0 rings (SSSR count). The minimum atomic E-state index is -4.94. The second kappa shape index (κ2) is 82.6. The zero-order valence-electron chi connectivity index (χ0n) is 68.4. The van der Waals surface area contributed by atoms with Gasteiger partial charge in [0.05, 0.1) is 26.4 Å². The lowest BCUT2D eigenvalue weighted by Gasteiger charge is -2.21. The second-order valence-corrected chi connectivity index (χ2v) is 31.1. The molecule has 0 amide bonds. The number of phosphoric acid groups is 2. The molecule has 0 aromatic heterocycles.